The average Bonchev–Trinajstić information content (AvgIpc) is 2.40. The van der Waals surface area contributed by atoms with Crippen molar-refractivity contribution in [2.45, 2.75) is 24.0 Å². The van der Waals surface area contributed by atoms with E-state index >= 15 is 0 Å². The molecule has 98 valence electrons. The van der Waals surface area contributed by atoms with Crippen molar-refractivity contribution in [1.29, 1.82) is 0 Å². The number of thioether (sulfide) groups is 1. The van der Waals surface area contributed by atoms with Gasteiger partial charge in [0.15, 0.2) is 0 Å². The molecule has 1 aromatic carbocycles. The molecule has 0 aliphatic carbocycles. The number of carbonyl (C=O) groups excluding carboxylic acids is 1. The number of aryl methyl sites for hydroxylation is 1. The van der Waals surface area contributed by atoms with Crippen LogP contribution >= 0.6 is 11.8 Å². The van der Waals surface area contributed by atoms with Crippen molar-refractivity contribution in [1.82, 2.24) is 4.98 Å². The molecule has 1 aromatic heterocycles. The fourth-order valence-electron chi connectivity index (χ4n) is 1.59. The molecule has 1 N–H and O–H groups in total. The maximum Gasteiger partial charge on any atom is 0.238 e. The molecule has 2 rings (SSSR count). The lowest BCUT2D eigenvalue weighted by Gasteiger charge is -2.11. The summed E-state index contributed by atoms with van der Waals surface area (Å²) in [5.74, 6) is 0.567. The first-order valence-electron chi connectivity index (χ1n) is 6.10. The molecule has 0 aliphatic heterocycles. The largest absolute Gasteiger partial charge is 0.310 e. The van der Waals surface area contributed by atoms with Gasteiger partial charge in [-0.05, 0) is 43.7 Å². The summed E-state index contributed by atoms with van der Waals surface area (Å²) in [6.07, 6.45) is 1.69. The Morgan fingerprint density at radius 1 is 1.26 bits per heavy atom. The van der Waals surface area contributed by atoms with E-state index in [9.17, 15) is 4.79 Å². The molecule has 0 radical (unpaired) electrons. The van der Waals surface area contributed by atoms with Gasteiger partial charge < -0.3 is 5.32 Å². The Morgan fingerprint density at radius 3 is 2.68 bits per heavy atom. The van der Waals surface area contributed by atoms with Gasteiger partial charge in [-0.2, -0.15) is 0 Å². The van der Waals surface area contributed by atoms with Crippen LogP contribution in [0.25, 0.3) is 0 Å². The molecule has 19 heavy (non-hydrogen) atoms. The summed E-state index contributed by atoms with van der Waals surface area (Å²) in [4.78, 5) is 17.3. The quantitative estimate of drug-likeness (QED) is 0.866. The molecule has 0 bridgehead atoms. The van der Waals surface area contributed by atoms with Crippen LogP contribution in [-0.4, -0.2) is 16.1 Å². The number of nitrogens with one attached hydrogen (secondary N) is 1. The molecule has 0 aliphatic rings. The van der Waals surface area contributed by atoms with E-state index in [-0.39, 0.29) is 11.2 Å². The van der Waals surface area contributed by atoms with Gasteiger partial charge in [-0.3, -0.25) is 4.79 Å². The van der Waals surface area contributed by atoms with Gasteiger partial charge in [0, 0.05) is 11.1 Å². The molecule has 0 saturated heterocycles. The molecule has 0 saturated carbocycles. The topological polar surface area (TPSA) is 42.0 Å². The smallest absolute Gasteiger partial charge is 0.238 e. The number of hydrogen-bond acceptors (Lipinski definition) is 3. The third-order valence-electron chi connectivity index (χ3n) is 2.59. The zero-order valence-electron chi connectivity index (χ0n) is 11.0. The van der Waals surface area contributed by atoms with E-state index in [0.29, 0.717) is 5.82 Å². The Hall–Kier alpha value is -1.81. The van der Waals surface area contributed by atoms with Crippen molar-refractivity contribution in [2.24, 2.45) is 0 Å². The molecule has 4 heteroatoms. The van der Waals surface area contributed by atoms with Gasteiger partial charge in [0.05, 0.1) is 5.25 Å². The Kier molecular flexibility index (Phi) is 4.58. The molecule has 2 aromatic rings. The third kappa shape index (κ3) is 4.10. The summed E-state index contributed by atoms with van der Waals surface area (Å²) >= 11 is 1.54. The average molecular weight is 272 g/mol. The van der Waals surface area contributed by atoms with Gasteiger partial charge in [0.1, 0.15) is 5.82 Å². The SMILES string of the molecule is Cc1ccnc(NC(=O)C(C)Sc2ccccc2)c1. The highest BCUT2D eigenvalue weighted by atomic mass is 32.2. The van der Waals surface area contributed by atoms with Crippen molar-refractivity contribution >= 4 is 23.5 Å². The maximum absolute atomic E-state index is 12.1. The van der Waals surface area contributed by atoms with E-state index in [2.05, 4.69) is 10.3 Å². The number of aromatic nitrogens is 1. The Bertz CT molecular complexity index is 557. The highest BCUT2D eigenvalue weighted by Gasteiger charge is 2.14. The first kappa shape index (κ1) is 13.6. The number of carbonyl (C=O) groups is 1. The number of pyridine rings is 1. The van der Waals surface area contributed by atoms with Gasteiger partial charge in [-0.1, -0.05) is 18.2 Å². The highest BCUT2D eigenvalue weighted by molar-refractivity contribution is 8.00. The van der Waals surface area contributed by atoms with Crippen LogP contribution in [0.3, 0.4) is 0 Å². The third-order valence-corrected chi connectivity index (χ3v) is 3.70. The van der Waals surface area contributed by atoms with Gasteiger partial charge in [0.2, 0.25) is 5.91 Å². The summed E-state index contributed by atoms with van der Waals surface area (Å²) in [5.41, 5.74) is 1.08. The van der Waals surface area contributed by atoms with Crippen LogP contribution in [0.4, 0.5) is 5.82 Å². The van der Waals surface area contributed by atoms with E-state index in [1.54, 1.807) is 6.20 Å². The summed E-state index contributed by atoms with van der Waals surface area (Å²) in [6.45, 7) is 3.86. The second-order valence-corrected chi connectivity index (χ2v) is 5.70. The van der Waals surface area contributed by atoms with E-state index in [0.717, 1.165) is 10.5 Å². The standard InChI is InChI=1S/C15H16N2OS/c1-11-8-9-16-14(10-11)17-15(18)12(2)19-13-6-4-3-5-7-13/h3-10,12H,1-2H3,(H,16,17,18). The van der Waals surface area contributed by atoms with E-state index in [1.807, 2.05) is 56.3 Å². The summed E-state index contributed by atoms with van der Waals surface area (Å²) in [5, 5.41) is 2.67. The zero-order chi connectivity index (χ0) is 13.7. The number of anilines is 1. The molecule has 0 fully saturated rings. The Balaban J connectivity index is 1.96. The number of amides is 1. The number of hydrogen-bond donors (Lipinski definition) is 1. The predicted molar refractivity (Wildman–Crippen MR) is 79.4 cm³/mol. The van der Waals surface area contributed by atoms with Crippen molar-refractivity contribution in [3.63, 3.8) is 0 Å². The zero-order valence-corrected chi connectivity index (χ0v) is 11.8. The van der Waals surface area contributed by atoms with Crippen molar-refractivity contribution in [3.05, 3.63) is 54.2 Å². The Morgan fingerprint density at radius 2 is 2.00 bits per heavy atom. The number of benzene rings is 1. The van der Waals surface area contributed by atoms with Gasteiger partial charge in [0.25, 0.3) is 0 Å². The lowest BCUT2D eigenvalue weighted by atomic mass is 10.3. The Labute approximate surface area is 117 Å². The summed E-state index contributed by atoms with van der Waals surface area (Å²) < 4.78 is 0. The second-order valence-electron chi connectivity index (χ2n) is 4.28. The van der Waals surface area contributed by atoms with Crippen LogP contribution in [0.15, 0.2) is 53.6 Å². The number of rotatable bonds is 4. The monoisotopic (exact) mass is 272 g/mol. The number of nitrogens with zero attached hydrogens (tertiary/aromatic N) is 1. The molecule has 1 amide bonds. The second kappa shape index (κ2) is 6.38. The maximum atomic E-state index is 12.1. The minimum Gasteiger partial charge on any atom is -0.310 e. The molecule has 1 unspecified atom stereocenters. The first-order chi connectivity index (χ1) is 9.15. The lowest BCUT2D eigenvalue weighted by molar-refractivity contribution is -0.115. The minimum absolute atomic E-state index is 0.0352. The fraction of sp³-hybridized carbons (Fsp3) is 0.200. The minimum atomic E-state index is -0.162. The molecule has 0 spiro atoms. The van der Waals surface area contributed by atoms with Crippen LogP contribution < -0.4 is 5.32 Å². The normalized spacial score (nSPS) is 11.9. The van der Waals surface area contributed by atoms with Crippen LogP contribution in [0.1, 0.15) is 12.5 Å². The molecule has 1 heterocycles. The van der Waals surface area contributed by atoms with Crippen LogP contribution in [0.5, 0.6) is 0 Å². The van der Waals surface area contributed by atoms with E-state index in [4.69, 9.17) is 0 Å². The van der Waals surface area contributed by atoms with Gasteiger partial charge >= 0.3 is 0 Å². The van der Waals surface area contributed by atoms with Gasteiger partial charge in [-0.25, -0.2) is 4.98 Å². The van der Waals surface area contributed by atoms with Crippen LogP contribution in [0, 0.1) is 6.92 Å². The molecular formula is C15H16N2OS. The lowest BCUT2D eigenvalue weighted by Crippen LogP contribution is -2.22. The van der Waals surface area contributed by atoms with Crippen LogP contribution in [0.2, 0.25) is 0 Å². The summed E-state index contributed by atoms with van der Waals surface area (Å²) in [6, 6.07) is 13.7. The van der Waals surface area contributed by atoms with E-state index < -0.39 is 0 Å². The van der Waals surface area contributed by atoms with Crippen LogP contribution in [-0.2, 0) is 4.79 Å². The predicted octanol–water partition coefficient (Wildman–Crippen LogP) is 3.51. The molecule has 3 nitrogen and oxygen atoms in total. The van der Waals surface area contributed by atoms with Crippen molar-refractivity contribution in [2.75, 3.05) is 5.32 Å². The van der Waals surface area contributed by atoms with E-state index in [1.165, 1.54) is 11.8 Å². The first-order valence-corrected chi connectivity index (χ1v) is 6.98. The molecular weight excluding hydrogens is 256 g/mol. The highest BCUT2D eigenvalue weighted by Crippen LogP contribution is 2.23. The van der Waals surface area contributed by atoms with Crippen molar-refractivity contribution in [3.8, 4) is 0 Å². The molecule has 1 atom stereocenters. The fourth-order valence-corrected chi connectivity index (χ4v) is 2.48. The van der Waals surface area contributed by atoms with Gasteiger partial charge in [-0.15, -0.1) is 11.8 Å². The van der Waals surface area contributed by atoms with Crippen molar-refractivity contribution < 1.29 is 4.79 Å². The summed E-state index contributed by atoms with van der Waals surface area (Å²) in [7, 11) is 0.